The van der Waals surface area contributed by atoms with Crippen molar-refractivity contribution in [3.8, 4) is 6.07 Å². The number of carbonyl (C=O) groups excluding carboxylic acids is 1. The summed E-state index contributed by atoms with van der Waals surface area (Å²) in [5, 5.41) is 8.76. The number of nitrogens with zero attached hydrogens (tertiary/aromatic N) is 2. The molecule has 5 heteroatoms. The first-order valence-corrected chi connectivity index (χ1v) is 8.74. The Labute approximate surface area is 143 Å². The normalized spacial score (nSPS) is 15.5. The van der Waals surface area contributed by atoms with Crippen LogP contribution in [0.5, 0.6) is 0 Å². The second kappa shape index (κ2) is 7.32. The van der Waals surface area contributed by atoms with Crippen molar-refractivity contribution in [3.63, 3.8) is 0 Å². The van der Waals surface area contributed by atoms with E-state index >= 15 is 0 Å². The second-order valence-corrected chi connectivity index (χ2v) is 6.99. The summed E-state index contributed by atoms with van der Waals surface area (Å²) in [4.78, 5) is 16.4. The second-order valence-electron chi connectivity index (χ2n) is 4.80. The summed E-state index contributed by atoms with van der Waals surface area (Å²) in [6.45, 7) is 0. The van der Waals surface area contributed by atoms with E-state index in [1.807, 2.05) is 30.3 Å². The van der Waals surface area contributed by atoms with Gasteiger partial charge in [-0.05, 0) is 41.1 Å². The van der Waals surface area contributed by atoms with Gasteiger partial charge < -0.3 is 0 Å². The standard InChI is InChI=1S/C18H12N2OS2/c19-11-14-8-6-13(7-9-14)10-16-17(21)23-18(20-16)22-12-15-4-2-1-3-5-15/h1-10H,12H2/b16-10-. The van der Waals surface area contributed by atoms with Crippen LogP contribution >= 0.6 is 23.5 Å². The van der Waals surface area contributed by atoms with E-state index in [2.05, 4.69) is 23.2 Å². The lowest BCUT2D eigenvalue weighted by atomic mass is 10.1. The van der Waals surface area contributed by atoms with Crippen molar-refractivity contribution < 1.29 is 4.79 Å². The monoisotopic (exact) mass is 336 g/mol. The SMILES string of the molecule is N#Cc1ccc(/C=C2\N=C(SCc3ccccc3)SC2=O)cc1. The zero-order chi connectivity index (χ0) is 16.1. The molecule has 2 aromatic rings. The van der Waals surface area contributed by atoms with Crippen molar-refractivity contribution in [3.05, 3.63) is 77.0 Å². The van der Waals surface area contributed by atoms with Crippen molar-refractivity contribution in [2.75, 3.05) is 0 Å². The van der Waals surface area contributed by atoms with Gasteiger partial charge in [0.05, 0.1) is 11.6 Å². The minimum absolute atomic E-state index is 0.0371. The molecule has 0 unspecified atom stereocenters. The molecule has 0 spiro atoms. The van der Waals surface area contributed by atoms with Crippen LogP contribution in [0.1, 0.15) is 16.7 Å². The lowest BCUT2D eigenvalue weighted by molar-refractivity contribution is -0.107. The van der Waals surface area contributed by atoms with Crippen molar-refractivity contribution in [2.45, 2.75) is 5.75 Å². The van der Waals surface area contributed by atoms with Crippen LogP contribution in [0.3, 0.4) is 0 Å². The van der Waals surface area contributed by atoms with Gasteiger partial charge in [-0.15, -0.1) is 0 Å². The number of nitriles is 1. The molecular formula is C18H12N2OS2. The highest BCUT2D eigenvalue weighted by molar-refractivity contribution is 8.45. The molecule has 0 bridgehead atoms. The number of rotatable bonds is 3. The lowest BCUT2D eigenvalue weighted by Crippen LogP contribution is -1.88. The van der Waals surface area contributed by atoms with Crippen molar-refractivity contribution >= 4 is 39.1 Å². The molecule has 23 heavy (non-hydrogen) atoms. The fourth-order valence-electron chi connectivity index (χ4n) is 1.98. The number of carbonyl (C=O) groups is 1. The molecule has 0 saturated carbocycles. The number of hydrogen-bond acceptors (Lipinski definition) is 5. The highest BCUT2D eigenvalue weighted by atomic mass is 32.2. The van der Waals surface area contributed by atoms with Crippen LogP contribution in [-0.2, 0) is 10.5 Å². The van der Waals surface area contributed by atoms with Gasteiger partial charge in [-0.2, -0.15) is 5.26 Å². The highest BCUT2D eigenvalue weighted by Gasteiger charge is 2.22. The van der Waals surface area contributed by atoms with Gasteiger partial charge in [0, 0.05) is 5.75 Å². The Hall–Kier alpha value is -2.29. The number of hydrogen-bond donors (Lipinski definition) is 0. The summed E-state index contributed by atoms with van der Waals surface area (Å²) in [6.07, 6.45) is 1.76. The Bertz CT molecular complexity index is 818. The average Bonchev–Trinajstić information content (AvgIpc) is 2.94. The smallest absolute Gasteiger partial charge is 0.244 e. The largest absolute Gasteiger partial charge is 0.279 e. The molecule has 2 aromatic carbocycles. The molecule has 0 aliphatic carbocycles. The van der Waals surface area contributed by atoms with E-state index in [0.29, 0.717) is 11.3 Å². The van der Waals surface area contributed by atoms with Crippen LogP contribution < -0.4 is 0 Å². The predicted molar refractivity (Wildman–Crippen MR) is 96.9 cm³/mol. The maximum Gasteiger partial charge on any atom is 0.244 e. The summed E-state index contributed by atoms with van der Waals surface area (Å²) in [5.41, 5.74) is 3.13. The van der Waals surface area contributed by atoms with Crippen molar-refractivity contribution in [2.24, 2.45) is 4.99 Å². The third kappa shape index (κ3) is 4.13. The molecule has 0 saturated heterocycles. The molecule has 0 amide bonds. The molecule has 0 radical (unpaired) electrons. The number of benzene rings is 2. The molecular weight excluding hydrogens is 324 g/mol. The summed E-state index contributed by atoms with van der Waals surface area (Å²) < 4.78 is 0.777. The fraction of sp³-hybridized carbons (Fsp3) is 0.0556. The van der Waals surface area contributed by atoms with E-state index in [4.69, 9.17) is 5.26 Å². The molecule has 0 atom stereocenters. The topological polar surface area (TPSA) is 53.2 Å². The van der Waals surface area contributed by atoms with Gasteiger partial charge >= 0.3 is 0 Å². The maximum absolute atomic E-state index is 12.0. The zero-order valence-electron chi connectivity index (χ0n) is 12.1. The third-order valence-corrected chi connectivity index (χ3v) is 5.23. The Morgan fingerprint density at radius 3 is 2.57 bits per heavy atom. The van der Waals surface area contributed by atoms with Gasteiger partial charge in [-0.1, -0.05) is 54.2 Å². The van der Waals surface area contributed by atoms with Crippen LogP contribution in [0.2, 0.25) is 0 Å². The van der Waals surface area contributed by atoms with E-state index in [1.54, 1.807) is 30.0 Å². The van der Waals surface area contributed by atoms with E-state index in [0.717, 1.165) is 15.7 Å². The first-order valence-electron chi connectivity index (χ1n) is 6.94. The molecule has 3 nitrogen and oxygen atoms in total. The van der Waals surface area contributed by atoms with Crippen LogP contribution in [0, 0.1) is 11.3 Å². The number of thioether (sulfide) groups is 2. The summed E-state index contributed by atoms with van der Waals surface area (Å²) in [7, 11) is 0. The summed E-state index contributed by atoms with van der Waals surface area (Å²) >= 11 is 2.74. The van der Waals surface area contributed by atoms with Gasteiger partial charge in [0.1, 0.15) is 10.1 Å². The third-order valence-electron chi connectivity index (χ3n) is 3.15. The molecule has 1 aliphatic heterocycles. The van der Waals surface area contributed by atoms with Gasteiger partial charge in [0.2, 0.25) is 5.12 Å². The quantitative estimate of drug-likeness (QED) is 0.776. The highest BCUT2D eigenvalue weighted by Crippen LogP contribution is 2.32. The Kier molecular flexibility index (Phi) is 4.96. The summed E-state index contributed by atoms with van der Waals surface area (Å²) in [6, 6.07) is 19.3. The lowest BCUT2D eigenvalue weighted by Gasteiger charge is -1.98. The van der Waals surface area contributed by atoms with Crippen LogP contribution in [0.25, 0.3) is 6.08 Å². The van der Waals surface area contributed by atoms with E-state index in [1.165, 1.54) is 17.3 Å². The zero-order valence-corrected chi connectivity index (χ0v) is 13.7. The molecule has 0 aromatic heterocycles. The number of aliphatic imine (C=N–C) groups is 1. The Morgan fingerprint density at radius 2 is 1.87 bits per heavy atom. The van der Waals surface area contributed by atoms with Gasteiger partial charge in [0.15, 0.2) is 0 Å². The first-order chi connectivity index (χ1) is 11.2. The summed E-state index contributed by atoms with van der Waals surface area (Å²) in [5.74, 6) is 0.796. The molecule has 112 valence electrons. The predicted octanol–water partition coefficient (Wildman–Crippen LogP) is 4.46. The average molecular weight is 336 g/mol. The fourth-order valence-corrected chi connectivity index (χ4v) is 3.78. The van der Waals surface area contributed by atoms with Crippen LogP contribution in [0.15, 0.2) is 65.3 Å². The Morgan fingerprint density at radius 1 is 1.13 bits per heavy atom. The van der Waals surface area contributed by atoms with Crippen molar-refractivity contribution in [1.82, 2.24) is 0 Å². The van der Waals surface area contributed by atoms with Gasteiger partial charge in [-0.25, -0.2) is 4.99 Å². The molecule has 0 N–H and O–H groups in total. The van der Waals surface area contributed by atoms with Crippen LogP contribution in [0.4, 0.5) is 0 Å². The maximum atomic E-state index is 12.0. The molecule has 1 aliphatic rings. The van der Waals surface area contributed by atoms with Crippen molar-refractivity contribution in [1.29, 1.82) is 5.26 Å². The van der Waals surface area contributed by atoms with E-state index < -0.39 is 0 Å². The molecule has 3 rings (SSSR count). The van der Waals surface area contributed by atoms with Crippen LogP contribution in [-0.4, -0.2) is 9.49 Å². The van der Waals surface area contributed by atoms with E-state index in [-0.39, 0.29) is 5.12 Å². The van der Waals surface area contributed by atoms with Gasteiger partial charge in [-0.3, -0.25) is 4.79 Å². The first kappa shape index (κ1) is 15.6. The Balaban J connectivity index is 1.70. The minimum Gasteiger partial charge on any atom is -0.279 e. The van der Waals surface area contributed by atoms with E-state index in [9.17, 15) is 4.79 Å². The molecule has 1 heterocycles. The van der Waals surface area contributed by atoms with Gasteiger partial charge in [0.25, 0.3) is 0 Å². The minimum atomic E-state index is -0.0371. The molecule has 0 fully saturated rings.